The van der Waals surface area contributed by atoms with Crippen LogP contribution in [-0.2, 0) is 6.54 Å². The van der Waals surface area contributed by atoms with Crippen LogP contribution in [0.2, 0.25) is 0 Å². The van der Waals surface area contributed by atoms with Crippen LogP contribution in [0, 0.1) is 0 Å². The predicted octanol–water partition coefficient (Wildman–Crippen LogP) is 2.46. The first-order valence-corrected chi connectivity index (χ1v) is 8.45. The van der Waals surface area contributed by atoms with Gasteiger partial charge in [0.15, 0.2) is 17.1 Å². The third-order valence-corrected chi connectivity index (χ3v) is 4.37. The third-order valence-electron chi connectivity index (χ3n) is 4.37. The van der Waals surface area contributed by atoms with Crippen LogP contribution in [0.3, 0.4) is 0 Å². The SMILES string of the molecule is COc1cc(CNc2ccc3nnnn3n2)ccc1OC1CCCC1. The van der Waals surface area contributed by atoms with Crippen LogP contribution in [0.4, 0.5) is 5.82 Å². The van der Waals surface area contributed by atoms with E-state index in [1.54, 1.807) is 7.11 Å². The zero-order valence-electron chi connectivity index (χ0n) is 14.1. The van der Waals surface area contributed by atoms with Crippen molar-refractivity contribution in [1.29, 1.82) is 0 Å². The highest BCUT2D eigenvalue weighted by Gasteiger charge is 2.18. The second-order valence-corrected chi connectivity index (χ2v) is 6.11. The first-order valence-electron chi connectivity index (χ1n) is 8.45. The molecule has 3 aromatic rings. The Balaban J connectivity index is 1.44. The van der Waals surface area contributed by atoms with Crippen LogP contribution in [-0.4, -0.2) is 38.5 Å². The molecule has 1 saturated carbocycles. The number of methoxy groups -OCH3 is 1. The number of ether oxygens (including phenoxy) is 2. The van der Waals surface area contributed by atoms with Crippen LogP contribution in [0.15, 0.2) is 30.3 Å². The molecule has 1 fully saturated rings. The molecule has 0 radical (unpaired) electrons. The summed E-state index contributed by atoms with van der Waals surface area (Å²) in [7, 11) is 1.67. The smallest absolute Gasteiger partial charge is 0.200 e. The van der Waals surface area contributed by atoms with Crippen molar-refractivity contribution in [2.75, 3.05) is 12.4 Å². The summed E-state index contributed by atoms with van der Waals surface area (Å²) in [5, 5.41) is 18.8. The van der Waals surface area contributed by atoms with Gasteiger partial charge in [0.05, 0.1) is 13.2 Å². The second-order valence-electron chi connectivity index (χ2n) is 6.11. The molecule has 25 heavy (non-hydrogen) atoms. The molecule has 8 heteroatoms. The van der Waals surface area contributed by atoms with Crippen LogP contribution in [0.5, 0.6) is 11.5 Å². The summed E-state index contributed by atoms with van der Waals surface area (Å²) >= 11 is 0. The lowest BCUT2D eigenvalue weighted by Crippen LogP contribution is -2.12. The van der Waals surface area contributed by atoms with Gasteiger partial charge in [0.2, 0.25) is 0 Å². The normalized spacial score (nSPS) is 14.8. The molecule has 0 bridgehead atoms. The van der Waals surface area contributed by atoms with Gasteiger partial charge in [-0.15, -0.1) is 14.8 Å². The highest BCUT2D eigenvalue weighted by atomic mass is 16.5. The summed E-state index contributed by atoms with van der Waals surface area (Å²) in [6.07, 6.45) is 5.04. The van der Waals surface area contributed by atoms with E-state index in [1.165, 1.54) is 17.5 Å². The van der Waals surface area contributed by atoms with Gasteiger partial charge in [0.25, 0.3) is 0 Å². The number of tetrazole rings is 1. The van der Waals surface area contributed by atoms with Gasteiger partial charge in [-0.25, -0.2) is 0 Å². The van der Waals surface area contributed by atoms with E-state index in [-0.39, 0.29) is 0 Å². The molecule has 0 spiro atoms. The van der Waals surface area contributed by atoms with Crippen LogP contribution < -0.4 is 14.8 Å². The molecule has 4 rings (SSSR count). The van der Waals surface area contributed by atoms with E-state index in [2.05, 4.69) is 25.9 Å². The number of hydrogen-bond donors (Lipinski definition) is 1. The fourth-order valence-electron chi connectivity index (χ4n) is 3.04. The van der Waals surface area contributed by atoms with Gasteiger partial charge >= 0.3 is 0 Å². The van der Waals surface area contributed by atoms with E-state index in [4.69, 9.17) is 9.47 Å². The zero-order chi connectivity index (χ0) is 17.1. The second kappa shape index (κ2) is 6.92. The summed E-state index contributed by atoms with van der Waals surface area (Å²) in [6.45, 7) is 0.612. The Hall–Kier alpha value is -2.90. The quantitative estimate of drug-likeness (QED) is 0.737. The van der Waals surface area contributed by atoms with Crippen molar-refractivity contribution < 1.29 is 9.47 Å². The van der Waals surface area contributed by atoms with Crippen LogP contribution >= 0.6 is 0 Å². The molecule has 0 atom stereocenters. The Labute approximate surface area is 145 Å². The van der Waals surface area contributed by atoms with Crippen molar-refractivity contribution >= 4 is 11.5 Å². The average molecular weight is 340 g/mol. The maximum Gasteiger partial charge on any atom is 0.200 e. The minimum atomic E-state index is 0.310. The van der Waals surface area contributed by atoms with E-state index in [0.717, 1.165) is 29.9 Å². The van der Waals surface area contributed by atoms with E-state index in [0.29, 0.717) is 24.1 Å². The molecule has 0 amide bonds. The maximum absolute atomic E-state index is 6.07. The summed E-state index contributed by atoms with van der Waals surface area (Å²) in [6, 6.07) is 9.67. The van der Waals surface area contributed by atoms with Crippen molar-refractivity contribution in [3.63, 3.8) is 0 Å². The van der Waals surface area contributed by atoms with Gasteiger partial charge in [-0.05, 0) is 65.9 Å². The third kappa shape index (κ3) is 3.47. The lowest BCUT2D eigenvalue weighted by atomic mass is 10.2. The molecule has 8 nitrogen and oxygen atoms in total. The number of nitrogens with zero attached hydrogens (tertiary/aromatic N) is 5. The van der Waals surface area contributed by atoms with Gasteiger partial charge in [0.1, 0.15) is 5.82 Å². The first kappa shape index (κ1) is 15.6. The van der Waals surface area contributed by atoms with E-state index < -0.39 is 0 Å². The highest BCUT2D eigenvalue weighted by Crippen LogP contribution is 2.32. The van der Waals surface area contributed by atoms with Gasteiger partial charge in [-0.2, -0.15) is 0 Å². The van der Waals surface area contributed by atoms with Gasteiger partial charge in [0, 0.05) is 6.54 Å². The maximum atomic E-state index is 6.07. The number of benzene rings is 1. The topological polar surface area (TPSA) is 86.5 Å². The molecular formula is C17H20N6O2. The van der Waals surface area contributed by atoms with E-state index in [9.17, 15) is 0 Å². The Morgan fingerprint density at radius 2 is 2.04 bits per heavy atom. The predicted molar refractivity (Wildman–Crippen MR) is 91.8 cm³/mol. The molecule has 0 saturated heterocycles. The largest absolute Gasteiger partial charge is 0.493 e. The fraction of sp³-hybridized carbons (Fsp3) is 0.412. The van der Waals surface area contributed by atoms with E-state index >= 15 is 0 Å². The number of fused-ring (bicyclic) bond motifs is 1. The van der Waals surface area contributed by atoms with Gasteiger partial charge < -0.3 is 14.8 Å². The summed E-state index contributed by atoms with van der Waals surface area (Å²) in [5.41, 5.74) is 1.69. The first-order chi connectivity index (χ1) is 12.3. The van der Waals surface area contributed by atoms with Crippen molar-refractivity contribution in [2.45, 2.75) is 38.3 Å². The molecule has 1 aliphatic rings. The number of hydrogen-bond acceptors (Lipinski definition) is 7. The Bertz CT molecular complexity index is 859. The number of anilines is 1. The summed E-state index contributed by atoms with van der Waals surface area (Å²) < 4.78 is 13.0. The molecular weight excluding hydrogens is 320 g/mol. The Morgan fingerprint density at radius 3 is 2.88 bits per heavy atom. The molecule has 1 aliphatic carbocycles. The standard InChI is InChI=1S/C17H20N6O2/c1-24-15-10-12(6-7-14(15)25-13-4-2-3-5-13)11-18-16-8-9-17-19-21-22-23(17)20-16/h6-10,13H,2-5,11H2,1H3,(H,18,20). The van der Waals surface area contributed by atoms with Crippen molar-refractivity contribution in [2.24, 2.45) is 0 Å². The Morgan fingerprint density at radius 1 is 1.16 bits per heavy atom. The van der Waals surface area contributed by atoms with Crippen molar-refractivity contribution in [3.8, 4) is 11.5 Å². The van der Waals surface area contributed by atoms with Gasteiger partial charge in [-0.3, -0.25) is 0 Å². The van der Waals surface area contributed by atoms with Gasteiger partial charge in [-0.1, -0.05) is 6.07 Å². The molecule has 0 unspecified atom stereocenters. The number of nitrogens with one attached hydrogen (secondary N) is 1. The molecule has 0 aliphatic heterocycles. The molecule has 1 N–H and O–H groups in total. The zero-order valence-corrected chi connectivity index (χ0v) is 14.1. The molecule has 2 aromatic heterocycles. The van der Waals surface area contributed by atoms with Crippen molar-refractivity contribution in [1.82, 2.24) is 25.3 Å². The monoisotopic (exact) mass is 340 g/mol. The summed E-state index contributed by atoms with van der Waals surface area (Å²) in [4.78, 5) is 0. The molecule has 130 valence electrons. The highest BCUT2D eigenvalue weighted by molar-refractivity contribution is 5.46. The minimum Gasteiger partial charge on any atom is -0.493 e. The average Bonchev–Trinajstić information content (AvgIpc) is 3.31. The van der Waals surface area contributed by atoms with Crippen molar-refractivity contribution in [3.05, 3.63) is 35.9 Å². The number of rotatable bonds is 6. The lowest BCUT2D eigenvalue weighted by molar-refractivity contribution is 0.200. The fourth-order valence-corrected chi connectivity index (χ4v) is 3.04. The molecule has 2 heterocycles. The number of aromatic nitrogens is 5. The minimum absolute atomic E-state index is 0.310. The Kier molecular flexibility index (Phi) is 4.32. The van der Waals surface area contributed by atoms with E-state index in [1.807, 2.05) is 30.3 Å². The van der Waals surface area contributed by atoms with Crippen LogP contribution in [0.25, 0.3) is 5.65 Å². The molecule has 1 aromatic carbocycles. The lowest BCUT2D eigenvalue weighted by Gasteiger charge is -2.16. The van der Waals surface area contributed by atoms with Crippen LogP contribution in [0.1, 0.15) is 31.2 Å². The summed E-state index contributed by atoms with van der Waals surface area (Å²) in [5.74, 6) is 2.27.